The molecule has 0 heterocycles. The molecule has 0 aliphatic heterocycles. The average Bonchev–Trinajstić information content (AvgIpc) is 0.783. The molecule has 754 valence electrons. The number of benzene rings is 15. The number of hydrogen-bond donors (Lipinski definition) is 6. The Morgan fingerprint density at radius 3 is 0.409 bits per heavy atom. The number of carboxylic acid groups (broad SMARTS) is 1. The number of rotatable bonds is 55. The van der Waals surface area contributed by atoms with E-state index in [2.05, 4.69) is 26.6 Å². The fourth-order valence-corrected chi connectivity index (χ4v) is 27.3. The Balaban J connectivity index is 0.723. The Morgan fingerprint density at radius 2 is 0.295 bits per heavy atom. The summed E-state index contributed by atoms with van der Waals surface area (Å²) in [7, 11) is 0. The van der Waals surface area contributed by atoms with Gasteiger partial charge in [-0.25, -0.2) is 0 Å². The van der Waals surface area contributed by atoms with Gasteiger partial charge in [-0.1, -0.05) is 455 Å². The number of carboxylic acids is 1. The summed E-state index contributed by atoms with van der Waals surface area (Å²) in [4.78, 5) is 164. The molecule has 0 saturated heterocycles. The third-order valence-electron chi connectivity index (χ3n) is 26.7. The number of ketones is 5. The van der Waals surface area contributed by atoms with Crippen LogP contribution in [0, 0.1) is 0 Å². The summed E-state index contributed by atoms with van der Waals surface area (Å²) in [5, 5.41) is 25.0. The molecule has 15 rings (SSSR count). The zero-order valence-corrected chi connectivity index (χ0v) is 86.9. The Kier molecular flexibility index (Phi) is 39.1. The highest BCUT2D eigenvalue weighted by Gasteiger charge is 2.46. The molecule has 0 aromatic heterocycles. The minimum absolute atomic E-state index is 0.0199. The SMILES string of the molecule is CC(=O)N[C@@H](CSC(c1ccccc1)(c1ccccc1)c1ccccc1)C(=O)CCC(=O)N[C@@H](CSC(c1ccccc1)(c1ccccc1)c1ccccc1)C(=O)CCC(=O)N[C@@H](CSC(c1ccccc1)(c1ccccc1)c1ccccc1)C(=O)CCC(=O)N[C@@H](CSC(c1ccccc1)(c1ccccc1)c1ccccc1)C(=O)CCC(=O)N[C@@H](CSC(c1ccccc1)(c1ccccc1)c1ccccc1)C(=O)CCC(=O)O. The smallest absolute Gasteiger partial charge is 0.303 e. The maximum absolute atomic E-state index is 16.0. The van der Waals surface area contributed by atoms with Crippen molar-refractivity contribution in [3.05, 3.63) is 538 Å². The van der Waals surface area contributed by atoms with Crippen LogP contribution in [0.1, 0.15) is 155 Å². The van der Waals surface area contributed by atoms with E-state index in [4.69, 9.17) is 0 Å². The summed E-state index contributed by atoms with van der Waals surface area (Å²) in [6, 6.07) is 141. The zero-order chi connectivity index (χ0) is 104. The van der Waals surface area contributed by atoms with Crippen molar-refractivity contribution in [3.8, 4) is 0 Å². The second-order valence-electron chi connectivity index (χ2n) is 36.4. The fourth-order valence-electron chi connectivity index (χ4n) is 19.3. The quantitative estimate of drug-likeness (QED) is 0.0193. The van der Waals surface area contributed by atoms with Crippen molar-refractivity contribution in [1.82, 2.24) is 26.6 Å². The molecule has 22 heteroatoms. The first-order valence-corrected chi connectivity index (χ1v) is 55.0. The second kappa shape index (κ2) is 53.7. The molecule has 15 aromatic carbocycles. The lowest BCUT2D eigenvalue weighted by molar-refractivity contribution is -0.139. The highest BCUT2D eigenvalue weighted by molar-refractivity contribution is 8.01. The van der Waals surface area contributed by atoms with Crippen LogP contribution in [0.4, 0.5) is 0 Å². The number of thioether (sulfide) groups is 5. The van der Waals surface area contributed by atoms with Gasteiger partial charge in [0.2, 0.25) is 29.5 Å². The first-order chi connectivity index (χ1) is 72.7. The highest BCUT2D eigenvalue weighted by Crippen LogP contribution is 2.55. The van der Waals surface area contributed by atoms with Gasteiger partial charge in [0.1, 0.15) is 0 Å². The lowest BCUT2D eigenvalue weighted by Crippen LogP contribution is -2.47. The largest absolute Gasteiger partial charge is 0.481 e. The monoisotopic (exact) mass is 2070 g/mol. The van der Waals surface area contributed by atoms with Crippen LogP contribution in [-0.2, 0) is 76.5 Å². The molecule has 6 N–H and O–H groups in total. The molecule has 0 fully saturated rings. The number of carbonyl (C=O) groups is 11. The van der Waals surface area contributed by atoms with Crippen LogP contribution in [0.25, 0.3) is 0 Å². The third-order valence-corrected chi connectivity index (χ3v) is 34.9. The minimum atomic E-state index is -1.36. The summed E-state index contributed by atoms with van der Waals surface area (Å²) in [5.41, 5.74) is 13.3. The van der Waals surface area contributed by atoms with E-state index in [-0.39, 0.29) is 41.6 Å². The standard InChI is InChI=1S/C127H119N5O12S5/c1-92(133)128-108(87-145-123(93-47-17-2-18-48-93,94-49-19-3-20-50-94)95-51-21-4-22-52-95)113(134)77-82-118(139)129-109(88-146-124(96-53-23-5-24-54-96,97-55-25-6-26-56-97)98-57-27-7-28-58-98)114(135)78-83-119(140)130-110(89-147-125(99-59-29-8-30-60-99,100-61-31-9-32-62-100)101-63-33-10-34-64-101)115(136)79-84-120(141)131-111(90-148-126(102-65-35-11-36-66-102,103-67-37-12-38-68-103)104-69-39-13-40-70-104)116(137)80-85-121(142)132-112(117(138)81-86-122(143)144)91-149-127(105-71-41-14-42-72-105,106-73-43-15-44-74-106)107-75-45-16-46-76-107/h2-76,108-112H,77-91H2,1H3,(H,128,133)(H,129,139)(H,130,140)(H,131,141)(H,132,142)(H,143,144)/t108-,109-,110-,111-,112-/m0/s1. The van der Waals surface area contributed by atoms with Crippen molar-refractivity contribution in [2.24, 2.45) is 0 Å². The molecule has 5 atom stereocenters. The van der Waals surface area contributed by atoms with Gasteiger partial charge in [0.05, 0.1) is 60.4 Å². The van der Waals surface area contributed by atoms with Crippen molar-refractivity contribution in [3.63, 3.8) is 0 Å². The molecular formula is C127H119N5O12S5. The Hall–Kier alpha value is -14.8. The van der Waals surface area contributed by atoms with Gasteiger partial charge >= 0.3 is 5.97 Å². The number of carbonyl (C=O) groups excluding carboxylic acids is 10. The molecule has 15 aromatic rings. The molecule has 0 radical (unpaired) electrons. The number of aliphatic carboxylic acids is 1. The van der Waals surface area contributed by atoms with Crippen LogP contribution < -0.4 is 26.6 Å². The second-order valence-corrected chi connectivity index (χ2v) is 42.6. The van der Waals surface area contributed by atoms with Crippen molar-refractivity contribution in [1.29, 1.82) is 0 Å². The molecule has 0 aliphatic rings. The van der Waals surface area contributed by atoms with Gasteiger partial charge in [0, 0.05) is 93.5 Å². The van der Waals surface area contributed by atoms with E-state index >= 15 is 33.6 Å². The normalized spacial score (nSPS) is 12.7. The molecule has 0 spiro atoms. The minimum Gasteiger partial charge on any atom is -0.481 e. The van der Waals surface area contributed by atoms with Crippen LogP contribution in [0.15, 0.2) is 455 Å². The van der Waals surface area contributed by atoms with Gasteiger partial charge in [-0.15, -0.1) is 58.8 Å². The van der Waals surface area contributed by atoms with E-state index in [9.17, 15) is 24.3 Å². The van der Waals surface area contributed by atoms with Crippen molar-refractivity contribution < 1.29 is 57.8 Å². The molecule has 0 unspecified atom stereocenters. The van der Waals surface area contributed by atoms with Crippen LogP contribution >= 0.6 is 58.8 Å². The third kappa shape index (κ3) is 27.2. The lowest BCUT2D eigenvalue weighted by atomic mass is 9.84. The van der Waals surface area contributed by atoms with E-state index in [0.717, 1.165) is 83.5 Å². The van der Waals surface area contributed by atoms with Crippen molar-refractivity contribution >= 4 is 123 Å². The average molecular weight is 2070 g/mol. The maximum Gasteiger partial charge on any atom is 0.303 e. The fraction of sp³-hybridized carbons (Fsp3) is 0.205. The van der Waals surface area contributed by atoms with E-state index in [1.54, 1.807) is 0 Å². The number of Topliss-reactive ketones (excluding diaryl/α,β-unsaturated/α-hetero) is 5. The van der Waals surface area contributed by atoms with Crippen molar-refractivity contribution in [2.45, 2.75) is 125 Å². The number of amides is 5. The zero-order valence-electron chi connectivity index (χ0n) is 82.8. The maximum atomic E-state index is 16.0. The van der Waals surface area contributed by atoms with Gasteiger partial charge in [0.15, 0.2) is 28.9 Å². The van der Waals surface area contributed by atoms with Gasteiger partial charge in [-0.3, -0.25) is 52.7 Å². The van der Waals surface area contributed by atoms with Gasteiger partial charge in [-0.2, -0.15) is 0 Å². The number of nitrogens with one attached hydrogen (secondary N) is 5. The van der Waals surface area contributed by atoms with Gasteiger partial charge in [-0.05, 0) is 83.5 Å². The summed E-state index contributed by atoms with van der Waals surface area (Å²) in [6.45, 7) is 1.35. The lowest BCUT2D eigenvalue weighted by Gasteiger charge is -2.37. The van der Waals surface area contributed by atoms with E-state index in [1.807, 2.05) is 455 Å². The predicted molar refractivity (Wildman–Crippen MR) is 602 cm³/mol. The first kappa shape index (κ1) is 108. The van der Waals surface area contributed by atoms with Crippen LogP contribution in [0.2, 0.25) is 0 Å². The molecule has 0 aliphatic carbocycles. The highest BCUT2D eigenvalue weighted by atomic mass is 32.2. The van der Waals surface area contributed by atoms with E-state index in [1.165, 1.54) is 65.7 Å². The number of hydrogen-bond acceptors (Lipinski definition) is 16. The first-order valence-electron chi connectivity index (χ1n) is 50.1. The van der Waals surface area contributed by atoms with E-state index in [0.29, 0.717) is 0 Å². The summed E-state index contributed by atoms with van der Waals surface area (Å²) < 4.78 is -4.89. The van der Waals surface area contributed by atoms with Crippen LogP contribution in [0.3, 0.4) is 0 Å². The Bertz CT molecular complexity index is 6420. The molecule has 5 amide bonds. The predicted octanol–water partition coefficient (Wildman–Crippen LogP) is 22.9. The van der Waals surface area contributed by atoms with Crippen LogP contribution in [0.5, 0.6) is 0 Å². The Morgan fingerprint density at radius 1 is 0.181 bits per heavy atom. The summed E-state index contributed by atoms with van der Waals surface area (Å²) >= 11 is 7.14. The molecule has 17 nitrogen and oxygen atoms in total. The molecule has 0 bridgehead atoms. The van der Waals surface area contributed by atoms with Gasteiger partial charge in [0.25, 0.3) is 0 Å². The molecular weight excluding hydrogens is 1950 g/mol. The topological polar surface area (TPSA) is 268 Å². The van der Waals surface area contributed by atoms with Crippen molar-refractivity contribution in [2.75, 3.05) is 28.8 Å². The van der Waals surface area contributed by atoms with Gasteiger partial charge < -0.3 is 31.7 Å². The van der Waals surface area contributed by atoms with Crippen LogP contribution in [-0.4, -0.2) is 129 Å². The summed E-state index contributed by atoms with van der Waals surface area (Å²) in [5.74, 6) is -7.07. The van der Waals surface area contributed by atoms with E-state index < -0.39 is 170 Å². The Labute approximate surface area is 893 Å². The molecule has 149 heavy (non-hydrogen) atoms. The summed E-state index contributed by atoms with van der Waals surface area (Å²) in [6.07, 6.45) is -4.39. The molecule has 0 saturated carbocycles.